The summed E-state index contributed by atoms with van der Waals surface area (Å²) in [6.45, 7) is 1.63. The fraction of sp³-hybridized carbons (Fsp3) is 0.360. The molecule has 0 saturated carbocycles. The van der Waals surface area contributed by atoms with Crippen LogP contribution in [0.5, 0.6) is 5.75 Å². The van der Waals surface area contributed by atoms with Crippen molar-refractivity contribution in [3.8, 4) is 5.75 Å². The molecule has 0 bridgehead atoms. The quantitative estimate of drug-likeness (QED) is 0.562. The predicted octanol–water partition coefficient (Wildman–Crippen LogP) is 3.12. The Bertz CT molecular complexity index is 1260. The molecular weight excluding hydrogens is 420 g/mol. The number of carbonyl (C=O) groups is 2. The molecule has 2 amide bonds. The molecular formula is C25H26N4O4. The smallest absolute Gasteiger partial charge is 0.270 e. The SMILES string of the molecule is COc1ccc2cc(C(=O)N3CCC4(CC3)CC3(CO4)NC(=O)c4ccccc4N3)[nH]c2c1. The molecule has 8 nitrogen and oxygen atoms in total. The van der Waals surface area contributed by atoms with E-state index in [0.29, 0.717) is 37.4 Å². The second kappa shape index (κ2) is 7.25. The van der Waals surface area contributed by atoms with Crippen molar-refractivity contribution in [1.82, 2.24) is 15.2 Å². The maximum atomic E-state index is 13.2. The van der Waals surface area contributed by atoms with Gasteiger partial charge in [-0.2, -0.15) is 0 Å². The molecule has 3 aromatic rings. The van der Waals surface area contributed by atoms with Gasteiger partial charge in [-0.25, -0.2) is 0 Å². The average molecular weight is 447 g/mol. The third-order valence-corrected chi connectivity index (χ3v) is 7.17. The normalized spacial score (nSPS) is 23.4. The van der Waals surface area contributed by atoms with Gasteiger partial charge in [0.15, 0.2) is 0 Å². The van der Waals surface area contributed by atoms with E-state index in [1.54, 1.807) is 7.11 Å². The minimum atomic E-state index is -0.603. The lowest BCUT2D eigenvalue weighted by Gasteiger charge is -2.41. The van der Waals surface area contributed by atoms with Gasteiger partial charge in [0.2, 0.25) is 0 Å². The number of hydrogen-bond donors (Lipinski definition) is 3. The highest BCUT2D eigenvalue weighted by molar-refractivity contribution is 6.02. The fourth-order valence-corrected chi connectivity index (χ4v) is 5.41. The van der Waals surface area contributed by atoms with Crippen molar-refractivity contribution in [2.45, 2.75) is 30.5 Å². The number of nitrogens with one attached hydrogen (secondary N) is 3. The zero-order valence-electron chi connectivity index (χ0n) is 18.4. The van der Waals surface area contributed by atoms with Crippen LogP contribution in [0.15, 0.2) is 48.5 Å². The number of likely N-dealkylation sites (tertiary alicyclic amines) is 1. The first-order chi connectivity index (χ1) is 16.0. The van der Waals surface area contributed by atoms with Crippen LogP contribution >= 0.6 is 0 Å². The lowest BCUT2D eigenvalue weighted by molar-refractivity contribution is -0.0394. The summed E-state index contributed by atoms with van der Waals surface area (Å²) < 4.78 is 11.6. The molecule has 170 valence electrons. The summed E-state index contributed by atoms with van der Waals surface area (Å²) in [6.07, 6.45) is 2.13. The molecule has 3 aliphatic heterocycles. The molecule has 33 heavy (non-hydrogen) atoms. The van der Waals surface area contributed by atoms with E-state index in [0.717, 1.165) is 35.2 Å². The molecule has 2 fully saturated rings. The highest BCUT2D eigenvalue weighted by Gasteiger charge is 2.53. The number of ether oxygens (including phenoxy) is 2. The van der Waals surface area contributed by atoms with Crippen LogP contribution in [0.3, 0.4) is 0 Å². The standard InChI is InChI=1S/C25H26N4O4/c1-32-17-7-6-16-12-21(26-20(16)13-17)23(31)29-10-8-24(9-11-29)14-25(15-33-24)27-19-5-3-2-4-18(19)22(30)28-25/h2-7,12-13,26-27H,8-11,14-15H2,1H3,(H,28,30). The number of hydrogen-bond acceptors (Lipinski definition) is 5. The number of piperidine rings is 1. The molecule has 4 heterocycles. The Kier molecular flexibility index (Phi) is 4.42. The number of benzene rings is 2. The third kappa shape index (κ3) is 3.33. The highest BCUT2D eigenvalue weighted by Crippen LogP contribution is 2.43. The van der Waals surface area contributed by atoms with E-state index in [9.17, 15) is 9.59 Å². The first-order valence-electron chi connectivity index (χ1n) is 11.3. The molecule has 0 aliphatic carbocycles. The number of aromatic amines is 1. The lowest BCUT2D eigenvalue weighted by Crippen LogP contribution is -2.59. The molecule has 3 N–H and O–H groups in total. The number of nitrogens with zero attached hydrogens (tertiary/aromatic N) is 1. The van der Waals surface area contributed by atoms with Gasteiger partial charge in [-0.05, 0) is 43.2 Å². The number of aromatic nitrogens is 1. The van der Waals surface area contributed by atoms with Crippen molar-refractivity contribution in [2.24, 2.45) is 0 Å². The first kappa shape index (κ1) is 20.1. The minimum Gasteiger partial charge on any atom is -0.497 e. The Morgan fingerprint density at radius 1 is 1.09 bits per heavy atom. The second-order valence-electron chi connectivity index (χ2n) is 9.28. The Hall–Kier alpha value is -3.52. The zero-order chi connectivity index (χ0) is 22.6. The van der Waals surface area contributed by atoms with Gasteiger partial charge in [-0.15, -0.1) is 0 Å². The number of fused-ring (bicyclic) bond motifs is 2. The third-order valence-electron chi connectivity index (χ3n) is 7.17. The number of carbonyl (C=O) groups excluding carboxylic acids is 2. The summed E-state index contributed by atoms with van der Waals surface area (Å²) in [7, 11) is 1.63. The molecule has 0 radical (unpaired) electrons. The summed E-state index contributed by atoms with van der Waals surface area (Å²) in [5, 5.41) is 7.62. The Morgan fingerprint density at radius 3 is 2.73 bits per heavy atom. The van der Waals surface area contributed by atoms with E-state index in [4.69, 9.17) is 9.47 Å². The first-order valence-corrected chi connectivity index (χ1v) is 11.3. The van der Waals surface area contributed by atoms with Crippen LogP contribution in [0, 0.1) is 0 Å². The van der Waals surface area contributed by atoms with Crippen molar-refractivity contribution < 1.29 is 19.1 Å². The van der Waals surface area contributed by atoms with Crippen LogP contribution in [-0.2, 0) is 4.74 Å². The van der Waals surface area contributed by atoms with Gasteiger partial charge >= 0.3 is 0 Å². The van der Waals surface area contributed by atoms with Crippen molar-refractivity contribution >= 4 is 28.4 Å². The largest absolute Gasteiger partial charge is 0.497 e. The van der Waals surface area contributed by atoms with Crippen molar-refractivity contribution in [3.05, 3.63) is 59.8 Å². The maximum Gasteiger partial charge on any atom is 0.270 e. The average Bonchev–Trinajstić information content (AvgIpc) is 3.40. The van der Waals surface area contributed by atoms with Crippen LogP contribution in [0.4, 0.5) is 5.69 Å². The molecule has 1 unspecified atom stereocenters. The molecule has 6 rings (SSSR count). The topological polar surface area (TPSA) is 95.7 Å². The minimum absolute atomic E-state index is 0.00857. The van der Waals surface area contributed by atoms with Gasteiger partial charge in [-0.1, -0.05) is 12.1 Å². The van der Waals surface area contributed by atoms with Gasteiger partial charge in [0.25, 0.3) is 11.8 Å². The number of anilines is 1. The Labute approximate surface area is 191 Å². The number of rotatable bonds is 2. The summed E-state index contributed by atoms with van der Waals surface area (Å²) in [4.78, 5) is 30.9. The van der Waals surface area contributed by atoms with Crippen LogP contribution < -0.4 is 15.4 Å². The monoisotopic (exact) mass is 446 g/mol. The van der Waals surface area contributed by atoms with E-state index in [2.05, 4.69) is 15.6 Å². The zero-order valence-corrected chi connectivity index (χ0v) is 18.4. The van der Waals surface area contributed by atoms with Crippen LogP contribution in [-0.4, -0.2) is 59.8 Å². The maximum absolute atomic E-state index is 13.2. The molecule has 1 aromatic heterocycles. The van der Waals surface area contributed by atoms with Gasteiger partial charge in [-0.3, -0.25) is 9.59 Å². The summed E-state index contributed by atoms with van der Waals surface area (Å²) in [5.74, 6) is 0.667. The second-order valence-corrected chi connectivity index (χ2v) is 9.28. The number of H-pyrrole nitrogens is 1. The molecule has 2 spiro atoms. The highest BCUT2D eigenvalue weighted by atomic mass is 16.5. The lowest BCUT2D eigenvalue weighted by atomic mass is 9.84. The van der Waals surface area contributed by atoms with E-state index >= 15 is 0 Å². The van der Waals surface area contributed by atoms with Gasteiger partial charge in [0.05, 0.1) is 24.9 Å². The van der Waals surface area contributed by atoms with Gasteiger partial charge < -0.3 is 30.0 Å². The van der Waals surface area contributed by atoms with Crippen LogP contribution in [0.2, 0.25) is 0 Å². The Morgan fingerprint density at radius 2 is 1.91 bits per heavy atom. The van der Waals surface area contributed by atoms with Gasteiger partial charge in [0, 0.05) is 42.2 Å². The van der Waals surface area contributed by atoms with Crippen molar-refractivity contribution in [2.75, 3.05) is 32.1 Å². The number of amides is 2. The number of para-hydroxylation sites is 1. The predicted molar refractivity (Wildman–Crippen MR) is 124 cm³/mol. The molecule has 2 aromatic carbocycles. The van der Waals surface area contributed by atoms with E-state index in [-0.39, 0.29) is 17.4 Å². The van der Waals surface area contributed by atoms with Crippen molar-refractivity contribution in [1.29, 1.82) is 0 Å². The van der Waals surface area contributed by atoms with Crippen LogP contribution in [0.25, 0.3) is 10.9 Å². The van der Waals surface area contributed by atoms with E-state index < -0.39 is 5.66 Å². The molecule has 2 saturated heterocycles. The van der Waals surface area contributed by atoms with Crippen LogP contribution in [0.1, 0.15) is 40.1 Å². The molecule has 3 aliphatic rings. The molecule has 8 heteroatoms. The van der Waals surface area contributed by atoms with E-state index in [1.165, 1.54) is 0 Å². The fourth-order valence-electron chi connectivity index (χ4n) is 5.41. The summed E-state index contributed by atoms with van der Waals surface area (Å²) in [6, 6.07) is 15.2. The summed E-state index contributed by atoms with van der Waals surface area (Å²) in [5.41, 5.74) is 2.00. The van der Waals surface area contributed by atoms with E-state index in [1.807, 2.05) is 53.4 Å². The van der Waals surface area contributed by atoms with Crippen molar-refractivity contribution in [3.63, 3.8) is 0 Å². The number of methoxy groups -OCH3 is 1. The Balaban J connectivity index is 1.15. The van der Waals surface area contributed by atoms with Gasteiger partial charge in [0.1, 0.15) is 17.1 Å². The molecule has 1 atom stereocenters. The summed E-state index contributed by atoms with van der Waals surface area (Å²) >= 11 is 0.